The fourth-order valence-electron chi connectivity index (χ4n) is 1.83. The van der Waals surface area contributed by atoms with Crippen molar-refractivity contribution in [2.45, 2.75) is 46.1 Å². The quantitative estimate of drug-likeness (QED) is 0.833. The van der Waals surface area contributed by atoms with Gasteiger partial charge in [-0.05, 0) is 33.1 Å². The molecule has 0 saturated heterocycles. The van der Waals surface area contributed by atoms with Crippen LogP contribution in [0.25, 0.3) is 0 Å². The highest BCUT2D eigenvalue weighted by Crippen LogP contribution is 2.24. The van der Waals surface area contributed by atoms with Gasteiger partial charge in [0.05, 0.1) is 13.2 Å². The van der Waals surface area contributed by atoms with Crippen molar-refractivity contribution in [3.05, 3.63) is 23.0 Å². The van der Waals surface area contributed by atoms with Gasteiger partial charge in [0.15, 0.2) is 0 Å². The zero-order chi connectivity index (χ0) is 12.1. The summed E-state index contributed by atoms with van der Waals surface area (Å²) in [6.45, 7) is 6.00. The maximum absolute atomic E-state index is 9.53. The van der Waals surface area contributed by atoms with E-state index in [4.69, 9.17) is 4.74 Å². The smallest absolute Gasteiger partial charge is 0.128 e. The fourth-order valence-corrected chi connectivity index (χ4v) is 1.83. The van der Waals surface area contributed by atoms with E-state index in [1.54, 1.807) is 7.11 Å². The first-order chi connectivity index (χ1) is 7.60. The van der Waals surface area contributed by atoms with Crippen LogP contribution >= 0.6 is 0 Å². The van der Waals surface area contributed by atoms with E-state index in [0.717, 1.165) is 41.8 Å². The summed E-state index contributed by atoms with van der Waals surface area (Å²) in [6.07, 6.45) is 3.96. The first-order valence-electron chi connectivity index (χ1n) is 5.77. The van der Waals surface area contributed by atoms with Crippen molar-refractivity contribution >= 4 is 0 Å². The van der Waals surface area contributed by atoms with E-state index in [1.165, 1.54) is 0 Å². The molecule has 0 spiro atoms. The molecule has 0 fully saturated rings. The third-order valence-electron chi connectivity index (χ3n) is 2.94. The third kappa shape index (κ3) is 2.95. The van der Waals surface area contributed by atoms with Gasteiger partial charge in [-0.2, -0.15) is 0 Å². The van der Waals surface area contributed by atoms with Crippen LogP contribution in [0.2, 0.25) is 0 Å². The summed E-state index contributed by atoms with van der Waals surface area (Å²) in [6, 6.07) is 0. The van der Waals surface area contributed by atoms with Crippen LogP contribution in [0.4, 0.5) is 0 Å². The van der Waals surface area contributed by atoms with Gasteiger partial charge < -0.3 is 9.84 Å². The van der Waals surface area contributed by atoms with Crippen molar-refractivity contribution in [3.8, 4) is 5.75 Å². The maximum atomic E-state index is 9.53. The highest BCUT2D eigenvalue weighted by atomic mass is 16.5. The van der Waals surface area contributed by atoms with E-state index in [-0.39, 0.29) is 6.10 Å². The van der Waals surface area contributed by atoms with Crippen LogP contribution in [-0.2, 0) is 6.42 Å². The van der Waals surface area contributed by atoms with Gasteiger partial charge in [-0.25, -0.2) is 0 Å². The molecule has 0 saturated carbocycles. The number of methoxy groups -OCH3 is 1. The van der Waals surface area contributed by atoms with Gasteiger partial charge in [0.1, 0.15) is 5.75 Å². The molecule has 0 aliphatic rings. The topological polar surface area (TPSA) is 42.4 Å². The average molecular weight is 223 g/mol. The zero-order valence-electron chi connectivity index (χ0n) is 10.6. The molecule has 0 aromatic carbocycles. The number of hydrogen-bond acceptors (Lipinski definition) is 3. The number of ether oxygens (including phenoxy) is 1. The van der Waals surface area contributed by atoms with Crippen LogP contribution < -0.4 is 4.74 Å². The molecule has 1 aromatic heterocycles. The minimum Gasteiger partial charge on any atom is -0.496 e. The van der Waals surface area contributed by atoms with E-state index in [9.17, 15) is 5.11 Å². The van der Waals surface area contributed by atoms with Gasteiger partial charge in [0, 0.05) is 23.0 Å². The molecule has 0 bridgehead atoms. The summed E-state index contributed by atoms with van der Waals surface area (Å²) in [5.41, 5.74) is 3.17. The second-order valence-electron chi connectivity index (χ2n) is 4.15. The van der Waals surface area contributed by atoms with E-state index in [1.807, 2.05) is 27.0 Å². The molecule has 0 amide bonds. The van der Waals surface area contributed by atoms with Crippen LogP contribution in [0.1, 0.15) is 36.6 Å². The molecule has 1 N–H and O–H groups in total. The minimum atomic E-state index is -0.228. The van der Waals surface area contributed by atoms with Gasteiger partial charge in [0.25, 0.3) is 0 Å². The Morgan fingerprint density at radius 3 is 2.69 bits per heavy atom. The molecule has 1 heterocycles. The molecule has 1 rings (SSSR count). The average Bonchev–Trinajstić information content (AvgIpc) is 2.28. The van der Waals surface area contributed by atoms with E-state index >= 15 is 0 Å². The lowest BCUT2D eigenvalue weighted by atomic mass is 10.0. The number of aliphatic hydroxyl groups is 1. The van der Waals surface area contributed by atoms with E-state index in [2.05, 4.69) is 4.98 Å². The first-order valence-corrected chi connectivity index (χ1v) is 5.77. The lowest BCUT2D eigenvalue weighted by molar-refractivity contribution is 0.160. The van der Waals surface area contributed by atoms with Crippen molar-refractivity contribution in [2.75, 3.05) is 7.11 Å². The van der Waals surface area contributed by atoms with Crippen LogP contribution in [0.3, 0.4) is 0 Å². The van der Waals surface area contributed by atoms with Crippen LogP contribution in [0, 0.1) is 13.8 Å². The van der Waals surface area contributed by atoms with Gasteiger partial charge in [-0.15, -0.1) is 0 Å². The Labute approximate surface area is 97.5 Å². The van der Waals surface area contributed by atoms with Gasteiger partial charge in [0.2, 0.25) is 0 Å². The van der Waals surface area contributed by atoms with Crippen molar-refractivity contribution in [2.24, 2.45) is 0 Å². The zero-order valence-corrected chi connectivity index (χ0v) is 10.6. The Morgan fingerprint density at radius 1 is 1.44 bits per heavy atom. The summed E-state index contributed by atoms with van der Waals surface area (Å²) < 4.78 is 5.35. The number of aryl methyl sites for hydroxylation is 2. The summed E-state index contributed by atoms with van der Waals surface area (Å²) >= 11 is 0. The summed E-state index contributed by atoms with van der Waals surface area (Å²) in [5, 5.41) is 9.53. The van der Waals surface area contributed by atoms with Gasteiger partial charge in [-0.1, -0.05) is 6.92 Å². The largest absolute Gasteiger partial charge is 0.496 e. The monoisotopic (exact) mass is 223 g/mol. The Balaban J connectivity index is 2.81. The number of rotatable bonds is 5. The molecular weight excluding hydrogens is 202 g/mol. The third-order valence-corrected chi connectivity index (χ3v) is 2.94. The lowest BCUT2D eigenvalue weighted by Crippen LogP contribution is -2.08. The van der Waals surface area contributed by atoms with Crippen molar-refractivity contribution in [3.63, 3.8) is 0 Å². The second kappa shape index (κ2) is 5.85. The molecule has 16 heavy (non-hydrogen) atoms. The SMILES string of the molecule is CCC(O)CCc1ncc(C)c(OC)c1C. The Kier molecular flexibility index (Phi) is 4.74. The number of hydrogen-bond donors (Lipinski definition) is 1. The molecule has 0 radical (unpaired) electrons. The summed E-state index contributed by atoms with van der Waals surface area (Å²) in [5.74, 6) is 0.913. The molecule has 1 atom stereocenters. The normalized spacial score (nSPS) is 12.6. The highest BCUT2D eigenvalue weighted by Gasteiger charge is 2.10. The second-order valence-corrected chi connectivity index (χ2v) is 4.15. The summed E-state index contributed by atoms with van der Waals surface area (Å²) in [7, 11) is 1.68. The number of nitrogens with zero attached hydrogens (tertiary/aromatic N) is 1. The number of aromatic nitrogens is 1. The van der Waals surface area contributed by atoms with Crippen LogP contribution in [0.15, 0.2) is 6.20 Å². The molecule has 3 heteroatoms. The van der Waals surface area contributed by atoms with Crippen molar-refractivity contribution < 1.29 is 9.84 Å². The maximum Gasteiger partial charge on any atom is 0.128 e. The highest BCUT2D eigenvalue weighted by molar-refractivity contribution is 5.41. The fraction of sp³-hybridized carbons (Fsp3) is 0.615. The summed E-state index contributed by atoms with van der Waals surface area (Å²) in [4.78, 5) is 4.40. The van der Waals surface area contributed by atoms with Gasteiger partial charge >= 0.3 is 0 Å². The molecule has 1 unspecified atom stereocenters. The Bertz CT molecular complexity index is 350. The number of pyridine rings is 1. The molecule has 1 aromatic rings. The van der Waals surface area contributed by atoms with Crippen LogP contribution in [0.5, 0.6) is 5.75 Å². The molecular formula is C13H21NO2. The Morgan fingerprint density at radius 2 is 2.12 bits per heavy atom. The van der Waals surface area contributed by atoms with Gasteiger partial charge in [-0.3, -0.25) is 4.98 Å². The van der Waals surface area contributed by atoms with Crippen LogP contribution in [-0.4, -0.2) is 23.3 Å². The predicted octanol–water partition coefficient (Wildman–Crippen LogP) is 2.41. The number of aliphatic hydroxyl groups excluding tert-OH is 1. The Hall–Kier alpha value is -1.09. The standard InChI is InChI=1S/C13H21NO2/c1-5-11(15)6-7-12-10(3)13(16-4)9(2)8-14-12/h8,11,15H,5-7H2,1-4H3. The van der Waals surface area contributed by atoms with E-state index < -0.39 is 0 Å². The molecule has 0 aliphatic carbocycles. The predicted molar refractivity (Wildman–Crippen MR) is 64.9 cm³/mol. The lowest BCUT2D eigenvalue weighted by Gasteiger charge is -2.13. The minimum absolute atomic E-state index is 0.228. The van der Waals surface area contributed by atoms with Crippen molar-refractivity contribution in [1.82, 2.24) is 4.98 Å². The molecule has 0 aliphatic heterocycles. The molecule has 90 valence electrons. The van der Waals surface area contributed by atoms with E-state index in [0.29, 0.717) is 0 Å². The van der Waals surface area contributed by atoms with Crippen molar-refractivity contribution in [1.29, 1.82) is 0 Å². The first kappa shape index (κ1) is 13.0. The molecule has 3 nitrogen and oxygen atoms in total.